The minimum Gasteiger partial charge on any atom is -0.497 e. The molecule has 0 aliphatic carbocycles. The Morgan fingerprint density at radius 2 is 1.82 bits per heavy atom. The van der Waals surface area contributed by atoms with Gasteiger partial charge in [-0.2, -0.15) is 0 Å². The lowest BCUT2D eigenvalue weighted by Gasteiger charge is -2.38. The summed E-state index contributed by atoms with van der Waals surface area (Å²) in [4.78, 5) is 16.8. The van der Waals surface area contributed by atoms with Gasteiger partial charge in [0.2, 0.25) is 5.91 Å². The molecular formula is C24H32N2O2. The first-order valence-corrected chi connectivity index (χ1v) is 10.2. The average Bonchev–Trinajstić information content (AvgIpc) is 2.70. The normalized spacial score (nSPS) is 15.6. The summed E-state index contributed by atoms with van der Waals surface area (Å²) in [5, 5.41) is 0. The number of carbonyl (C=O) groups excluding carboxylic acids is 1. The van der Waals surface area contributed by atoms with Crippen LogP contribution >= 0.6 is 0 Å². The third-order valence-corrected chi connectivity index (χ3v) is 5.65. The van der Waals surface area contributed by atoms with E-state index in [0.29, 0.717) is 5.92 Å². The molecule has 1 fully saturated rings. The smallest absolute Gasteiger partial charge is 0.224 e. The molecular weight excluding hydrogens is 348 g/mol. The highest BCUT2D eigenvalue weighted by molar-refractivity contribution is 5.92. The molecule has 0 aromatic heterocycles. The number of hydrogen-bond acceptors (Lipinski definition) is 3. The van der Waals surface area contributed by atoms with E-state index < -0.39 is 0 Å². The van der Waals surface area contributed by atoms with Crippen LogP contribution < -0.4 is 9.64 Å². The highest BCUT2D eigenvalue weighted by Crippen LogP contribution is 2.27. The van der Waals surface area contributed by atoms with Crippen LogP contribution in [0, 0.1) is 0 Å². The number of carbonyl (C=O) groups is 1. The minimum atomic E-state index is 0.0935. The van der Waals surface area contributed by atoms with Gasteiger partial charge < -0.3 is 9.64 Å². The molecule has 0 atom stereocenters. The molecule has 0 saturated carbocycles. The lowest BCUT2D eigenvalue weighted by atomic mass is 9.99. The maximum atomic E-state index is 12.4. The van der Waals surface area contributed by atoms with Crippen molar-refractivity contribution < 1.29 is 9.53 Å². The molecule has 0 N–H and O–H groups in total. The lowest BCUT2D eigenvalue weighted by molar-refractivity contribution is -0.117. The molecule has 28 heavy (non-hydrogen) atoms. The van der Waals surface area contributed by atoms with Crippen molar-refractivity contribution in [3.05, 3.63) is 59.7 Å². The summed E-state index contributed by atoms with van der Waals surface area (Å²) in [5.41, 5.74) is 3.67. The first kappa shape index (κ1) is 20.4. The standard InChI is InChI=1S/C24H32N2O2/c1-18(2)21-10-8-20(9-11-21)17-25-14-12-22(13-15-25)26(19(3)27)23-6-5-7-24(16-23)28-4/h5-11,16,18,22H,12-15,17H2,1-4H3. The highest BCUT2D eigenvalue weighted by atomic mass is 16.5. The second kappa shape index (κ2) is 9.24. The Labute approximate surface area is 169 Å². The molecule has 3 rings (SSSR count). The largest absolute Gasteiger partial charge is 0.497 e. The van der Waals surface area contributed by atoms with Crippen molar-refractivity contribution in [1.82, 2.24) is 4.90 Å². The van der Waals surface area contributed by atoms with Gasteiger partial charge in [0.1, 0.15) is 5.75 Å². The quantitative estimate of drug-likeness (QED) is 0.719. The van der Waals surface area contributed by atoms with Gasteiger partial charge in [-0.05, 0) is 42.0 Å². The number of methoxy groups -OCH3 is 1. The van der Waals surface area contributed by atoms with Crippen LogP contribution in [0.3, 0.4) is 0 Å². The minimum absolute atomic E-state index is 0.0935. The predicted molar refractivity (Wildman–Crippen MR) is 115 cm³/mol. The highest BCUT2D eigenvalue weighted by Gasteiger charge is 2.27. The van der Waals surface area contributed by atoms with E-state index in [4.69, 9.17) is 4.74 Å². The number of hydrogen-bond donors (Lipinski definition) is 0. The van der Waals surface area contributed by atoms with Crippen LogP contribution in [0.15, 0.2) is 48.5 Å². The third kappa shape index (κ3) is 4.93. The van der Waals surface area contributed by atoms with Crippen molar-refractivity contribution in [2.75, 3.05) is 25.1 Å². The van der Waals surface area contributed by atoms with Crippen molar-refractivity contribution in [2.45, 2.75) is 52.1 Å². The van der Waals surface area contributed by atoms with Crippen LogP contribution in [-0.2, 0) is 11.3 Å². The third-order valence-electron chi connectivity index (χ3n) is 5.65. The Morgan fingerprint density at radius 1 is 1.14 bits per heavy atom. The monoisotopic (exact) mass is 380 g/mol. The molecule has 4 nitrogen and oxygen atoms in total. The first-order valence-electron chi connectivity index (χ1n) is 10.2. The van der Waals surface area contributed by atoms with Gasteiger partial charge in [0.25, 0.3) is 0 Å². The fourth-order valence-corrected chi connectivity index (χ4v) is 4.01. The zero-order valence-corrected chi connectivity index (χ0v) is 17.5. The lowest BCUT2D eigenvalue weighted by Crippen LogP contribution is -2.46. The number of rotatable bonds is 6. The molecule has 1 aliphatic heterocycles. The number of piperidine rings is 1. The van der Waals surface area contributed by atoms with Crippen LogP contribution in [0.25, 0.3) is 0 Å². The van der Waals surface area contributed by atoms with Gasteiger partial charge in [-0.25, -0.2) is 0 Å². The summed E-state index contributed by atoms with van der Waals surface area (Å²) in [6.45, 7) is 9.09. The molecule has 1 aliphatic rings. The zero-order chi connectivity index (χ0) is 20.1. The van der Waals surface area contributed by atoms with E-state index in [-0.39, 0.29) is 11.9 Å². The van der Waals surface area contributed by atoms with Gasteiger partial charge in [0, 0.05) is 44.4 Å². The van der Waals surface area contributed by atoms with Gasteiger partial charge in [-0.15, -0.1) is 0 Å². The zero-order valence-electron chi connectivity index (χ0n) is 17.5. The van der Waals surface area contributed by atoms with E-state index in [1.807, 2.05) is 29.2 Å². The van der Waals surface area contributed by atoms with Crippen LogP contribution in [0.2, 0.25) is 0 Å². The van der Waals surface area contributed by atoms with Gasteiger partial charge >= 0.3 is 0 Å². The Kier molecular flexibility index (Phi) is 6.74. The predicted octanol–water partition coefficient (Wildman–Crippen LogP) is 4.84. The molecule has 1 heterocycles. The molecule has 2 aromatic rings. The summed E-state index contributed by atoms with van der Waals surface area (Å²) in [6, 6.07) is 17.0. The first-order chi connectivity index (χ1) is 13.5. The summed E-state index contributed by atoms with van der Waals surface area (Å²) in [6.07, 6.45) is 1.97. The SMILES string of the molecule is COc1cccc(N(C(C)=O)C2CCN(Cc3ccc(C(C)C)cc3)CC2)c1. The number of benzene rings is 2. The molecule has 4 heteroatoms. The number of nitrogens with zero attached hydrogens (tertiary/aromatic N) is 2. The molecule has 0 spiro atoms. The van der Waals surface area contributed by atoms with Gasteiger partial charge in [0.15, 0.2) is 0 Å². The van der Waals surface area contributed by atoms with Crippen molar-refractivity contribution >= 4 is 11.6 Å². The van der Waals surface area contributed by atoms with E-state index in [1.54, 1.807) is 14.0 Å². The second-order valence-electron chi connectivity index (χ2n) is 7.99. The van der Waals surface area contributed by atoms with Crippen molar-refractivity contribution in [3.8, 4) is 5.75 Å². The topological polar surface area (TPSA) is 32.8 Å². The number of amides is 1. The van der Waals surface area contributed by atoms with Crippen molar-refractivity contribution in [2.24, 2.45) is 0 Å². The van der Waals surface area contributed by atoms with E-state index >= 15 is 0 Å². The van der Waals surface area contributed by atoms with Crippen LogP contribution in [0.4, 0.5) is 5.69 Å². The van der Waals surface area contributed by atoms with E-state index in [0.717, 1.165) is 43.9 Å². The van der Waals surface area contributed by atoms with Gasteiger partial charge in [-0.1, -0.05) is 44.2 Å². The van der Waals surface area contributed by atoms with Crippen molar-refractivity contribution in [1.29, 1.82) is 0 Å². The van der Waals surface area contributed by atoms with Crippen LogP contribution in [-0.4, -0.2) is 37.0 Å². The molecule has 0 bridgehead atoms. The fourth-order valence-electron chi connectivity index (χ4n) is 4.01. The maximum absolute atomic E-state index is 12.4. The van der Waals surface area contributed by atoms with Gasteiger partial charge in [0.05, 0.1) is 7.11 Å². The number of ether oxygens (including phenoxy) is 1. The van der Waals surface area contributed by atoms with Crippen molar-refractivity contribution in [3.63, 3.8) is 0 Å². The molecule has 1 amide bonds. The summed E-state index contributed by atoms with van der Waals surface area (Å²) < 4.78 is 5.33. The maximum Gasteiger partial charge on any atom is 0.224 e. The summed E-state index contributed by atoms with van der Waals surface area (Å²) in [7, 11) is 1.66. The number of anilines is 1. The fraction of sp³-hybridized carbons (Fsp3) is 0.458. The Hall–Kier alpha value is -2.33. The second-order valence-corrected chi connectivity index (χ2v) is 7.99. The van der Waals surface area contributed by atoms with Gasteiger partial charge in [-0.3, -0.25) is 9.69 Å². The van der Waals surface area contributed by atoms with E-state index in [1.165, 1.54) is 11.1 Å². The molecule has 150 valence electrons. The average molecular weight is 381 g/mol. The van der Waals surface area contributed by atoms with E-state index in [2.05, 4.69) is 43.0 Å². The molecule has 0 unspecified atom stereocenters. The number of likely N-dealkylation sites (tertiary alicyclic amines) is 1. The molecule has 1 saturated heterocycles. The Bertz CT molecular complexity index is 777. The van der Waals surface area contributed by atoms with E-state index in [9.17, 15) is 4.79 Å². The Balaban J connectivity index is 1.61. The Morgan fingerprint density at radius 3 is 2.39 bits per heavy atom. The van der Waals surface area contributed by atoms with Crippen LogP contribution in [0.5, 0.6) is 5.75 Å². The van der Waals surface area contributed by atoms with Crippen LogP contribution in [0.1, 0.15) is 50.7 Å². The molecule has 2 aromatic carbocycles. The molecule has 0 radical (unpaired) electrons. The summed E-state index contributed by atoms with van der Waals surface area (Å²) >= 11 is 0. The summed E-state index contributed by atoms with van der Waals surface area (Å²) in [5.74, 6) is 1.45.